The minimum atomic E-state index is -5.65. The highest BCUT2D eigenvalue weighted by molar-refractivity contribution is 5.63. The zero-order chi connectivity index (χ0) is 14.3. The fraction of sp³-hybridized carbons (Fsp3) is 0.250. The normalized spacial score (nSPS) is 12.7. The zero-order valence-corrected chi connectivity index (χ0v) is 9.72. The third kappa shape index (κ3) is 2.32. The maximum absolute atomic E-state index is 13.1. The number of alkyl halides is 5. The maximum Gasteiger partial charge on any atom is 0.459 e. The molecule has 2 nitrogen and oxygen atoms in total. The van der Waals surface area contributed by atoms with Crippen LogP contribution in [0, 0.1) is 6.92 Å². The molecule has 2 rings (SSSR count). The highest BCUT2D eigenvalue weighted by Gasteiger charge is 2.60. The minimum Gasteiger partial charge on any atom is -0.275 e. The Balaban J connectivity index is 2.43. The fourth-order valence-electron chi connectivity index (χ4n) is 1.63. The Labute approximate surface area is 105 Å². The van der Waals surface area contributed by atoms with Crippen LogP contribution in [0.1, 0.15) is 11.3 Å². The third-order valence-electron chi connectivity index (χ3n) is 2.69. The van der Waals surface area contributed by atoms with Gasteiger partial charge in [-0.3, -0.25) is 5.10 Å². The number of halogens is 5. The van der Waals surface area contributed by atoms with Crippen molar-refractivity contribution < 1.29 is 22.0 Å². The summed E-state index contributed by atoms with van der Waals surface area (Å²) in [6.45, 7) is 1.71. The summed E-state index contributed by atoms with van der Waals surface area (Å²) in [5.74, 6) is -4.94. The number of nitrogens with zero attached hydrogens (tertiary/aromatic N) is 1. The molecule has 0 atom stereocenters. The van der Waals surface area contributed by atoms with Crippen molar-refractivity contribution in [1.29, 1.82) is 0 Å². The van der Waals surface area contributed by atoms with Gasteiger partial charge in [-0.05, 0) is 18.6 Å². The molecule has 0 amide bonds. The standard InChI is InChI=1S/C12H9F5N2/c1-7-4-2-3-5-8(7)9-6-10(19-18-9)11(13,14)12(15,16)17/h2-6H,1H3,(H,18,19). The van der Waals surface area contributed by atoms with E-state index in [0.29, 0.717) is 5.56 Å². The third-order valence-corrected chi connectivity index (χ3v) is 2.69. The molecule has 0 spiro atoms. The largest absolute Gasteiger partial charge is 0.459 e. The summed E-state index contributed by atoms with van der Waals surface area (Å²) in [4.78, 5) is 0. The van der Waals surface area contributed by atoms with Gasteiger partial charge in [0.25, 0.3) is 0 Å². The number of rotatable bonds is 2. The smallest absolute Gasteiger partial charge is 0.275 e. The number of aromatic amines is 1. The molecule has 0 aliphatic rings. The second-order valence-electron chi connectivity index (χ2n) is 4.05. The molecule has 1 aromatic heterocycles. The van der Waals surface area contributed by atoms with Crippen molar-refractivity contribution in [2.75, 3.05) is 0 Å². The lowest BCUT2D eigenvalue weighted by Crippen LogP contribution is -2.34. The number of aromatic nitrogens is 2. The van der Waals surface area contributed by atoms with Gasteiger partial charge in [0.1, 0.15) is 5.69 Å². The van der Waals surface area contributed by atoms with Crippen LogP contribution in [0.2, 0.25) is 0 Å². The van der Waals surface area contributed by atoms with Gasteiger partial charge in [0.2, 0.25) is 0 Å². The molecule has 19 heavy (non-hydrogen) atoms. The second-order valence-corrected chi connectivity index (χ2v) is 4.05. The van der Waals surface area contributed by atoms with E-state index in [9.17, 15) is 22.0 Å². The van der Waals surface area contributed by atoms with Gasteiger partial charge in [0.15, 0.2) is 0 Å². The molecular formula is C12H9F5N2. The number of hydrogen-bond acceptors (Lipinski definition) is 1. The Kier molecular flexibility index (Phi) is 3.07. The van der Waals surface area contributed by atoms with Crippen molar-refractivity contribution in [2.45, 2.75) is 19.0 Å². The zero-order valence-electron chi connectivity index (χ0n) is 9.72. The number of benzene rings is 1. The minimum absolute atomic E-state index is 0.0528. The Morgan fingerprint density at radius 3 is 2.26 bits per heavy atom. The Bertz CT molecular complexity index is 586. The number of hydrogen-bond donors (Lipinski definition) is 1. The summed E-state index contributed by atoms with van der Waals surface area (Å²) in [7, 11) is 0. The van der Waals surface area contributed by atoms with E-state index >= 15 is 0 Å². The lowest BCUT2D eigenvalue weighted by atomic mass is 10.1. The molecule has 0 aliphatic heterocycles. The quantitative estimate of drug-likeness (QED) is 0.824. The molecule has 0 bridgehead atoms. The first-order valence-electron chi connectivity index (χ1n) is 5.30. The molecule has 7 heteroatoms. The van der Waals surface area contributed by atoms with Crippen molar-refractivity contribution in [3.63, 3.8) is 0 Å². The van der Waals surface area contributed by atoms with Gasteiger partial charge in [-0.15, -0.1) is 0 Å². The summed E-state index contributed by atoms with van der Waals surface area (Å²) >= 11 is 0. The van der Waals surface area contributed by atoms with Crippen molar-refractivity contribution in [3.05, 3.63) is 41.6 Å². The molecule has 102 valence electrons. The molecule has 0 unspecified atom stereocenters. The fourth-order valence-corrected chi connectivity index (χ4v) is 1.63. The molecule has 2 aromatic rings. The lowest BCUT2D eigenvalue weighted by molar-refractivity contribution is -0.290. The van der Waals surface area contributed by atoms with Crippen LogP contribution in [-0.4, -0.2) is 16.4 Å². The molecule has 0 fully saturated rings. The molecule has 0 radical (unpaired) electrons. The van der Waals surface area contributed by atoms with Gasteiger partial charge >= 0.3 is 12.1 Å². The predicted octanol–water partition coefficient (Wildman–Crippen LogP) is 4.04. The van der Waals surface area contributed by atoms with Crippen LogP contribution in [0.3, 0.4) is 0 Å². The van der Waals surface area contributed by atoms with Gasteiger partial charge < -0.3 is 0 Å². The summed E-state index contributed by atoms with van der Waals surface area (Å²) < 4.78 is 62.8. The van der Waals surface area contributed by atoms with Crippen molar-refractivity contribution in [1.82, 2.24) is 10.2 Å². The molecule has 0 saturated carbocycles. The molecule has 1 heterocycles. The van der Waals surface area contributed by atoms with Crippen LogP contribution in [0.5, 0.6) is 0 Å². The van der Waals surface area contributed by atoms with E-state index in [1.54, 1.807) is 36.3 Å². The first-order chi connectivity index (χ1) is 8.73. The monoisotopic (exact) mass is 276 g/mol. The number of aryl methyl sites for hydroxylation is 1. The SMILES string of the molecule is Cc1ccccc1-c1cc(C(F)(F)C(F)(F)F)[nH]n1. The summed E-state index contributed by atoms with van der Waals surface area (Å²) in [6, 6.07) is 7.41. The maximum atomic E-state index is 13.1. The van der Waals surface area contributed by atoms with E-state index in [-0.39, 0.29) is 5.69 Å². The van der Waals surface area contributed by atoms with Crippen LogP contribution < -0.4 is 0 Å². The number of H-pyrrole nitrogens is 1. The van der Waals surface area contributed by atoms with Crippen LogP contribution in [0.4, 0.5) is 22.0 Å². The topological polar surface area (TPSA) is 28.7 Å². The average Bonchev–Trinajstić information content (AvgIpc) is 2.77. The molecular weight excluding hydrogens is 267 g/mol. The Hall–Kier alpha value is -1.92. The second kappa shape index (κ2) is 4.32. The van der Waals surface area contributed by atoms with Gasteiger partial charge in [-0.1, -0.05) is 24.3 Å². The van der Waals surface area contributed by atoms with E-state index in [4.69, 9.17) is 0 Å². The summed E-state index contributed by atoms with van der Waals surface area (Å²) in [6.07, 6.45) is -5.65. The van der Waals surface area contributed by atoms with E-state index < -0.39 is 17.8 Å². The van der Waals surface area contributed by atoms with Gasteiger partial charge in [0.05, 0.1) is 5.69 Å². The van der Waals surface area contributed by atoms with Crippen LogP contribution in [0.25, 0.3) is 11.3 Å². The highest BCUT2D eigenvalue weighted by atomic mass is 19.4. The van der Waals surface area contributed by atoms with E-state index in [1.165, 1.54) is 0 Å². The molecule has 1 aromatic carbocycles. The molecule has 1 N–H and O–H groups in total. The first kappa shape index (κ1) is 13.5. The molecule has 0 saturated heterocycles. The van der Waals surface area contributed by atoms with Gasteiger partial charge in [-0.2, -0.15) is 27.1 Å². The van der Waals surface area contributed by atoms with Gasteiger partial charge in [-0.25, -0.2) is 0 Å². The van der Waals surface area contributed by atoms with E-state index in [2.05, 4.69) is 5.10 Å². The van der Waals surface area contributed by atoms with Crippen LogP contribution in [-0.2, 0) is 5.92 Å². The predicted molar refractivity (Wildman–Crippen MR) is 58.7 cm³/mol. The first-order valence-corrected chi connectivity index (χ1v) is 5.30. The molecule has 0 aliphatic carbocycles. The van der Waals surface area contributed by atoms with Crippen molar-refractivity contribution >= 4 is 0 Å². The van der Waals surface area contributed by atoms with Crippen molar-refractivity contribution in [3.8, 4) is 11.3 Å². The van der Waals surface area contributed by atoms with E-state index in [1.807, 2.05) is 0 Å². The average molecular weight is 276 g/mol. The Morgan fingerprint density at radius 1 is 1.05 bits per heavy atom. The van der Waals surface area contributed by atoms with E-state index in [0.717, 1.165) is 11.6 Å². The lowest BCUT2D eigenvalue weighted by Gasteiger charge is -2.17. The van der Waals surface area contributed by atoms with Crippen LogP contribution >= 0.6 is 0 Å². The van der Waals surface area contributed by atoms with Crippen LogP contribution in [0.15, 0.2) is 30.3 Å². The highest BCUT2D eigenvalue weighted by Crippen LogP contribution is 2.43. The van der Waals surface area contributed by atoms with Crippen molar-refractivity contribution in [2.24, 2.45) is 0 Å². The van der Waals surface area contributed by atoms with Gasteiger partial charge in [0, 0.05) is 5.56 Å². The number of nitrogens with one attached hydrogen (secondary N) is 1. The summed E-state index contributed by atoms with van der Waals surface area (Å²) in [5, 5.41) is 5.28. The summed E-state index contributed by atoms with van der Waals surface area (Å²) in [5.41, 5.74) is 0.0223. The Morgan fingerprint density at radius 2 is 1.68 bits per heavy atom.